The summed E-state index contributed by atoms with van der Waals surface area (Å²) < 4.78 is 0. The van der Waals surface area contributed by atoms with Crippen LogP contribution in [-0.2, 0) is 0 Å². The fourth-order valence-electron chi connectivity index (χ4n) is 0.384. The minimum atomic E-state index is 0. The molecule has 1 aromatic carbocycles. The van der Waals surface area contributed by atoms with Crippen LogP contribution in [0.1, 0.15) is 0 Å². The largest absolute Gasteiger partial charge is 2.00 e. The normalized spacial score (nSPS) is 6.78. The molecule has 0 N–H and O–H groups in total. The Morgan fingerprint density at radius 3 is 2.33 bits per heavy atom. The molecule has 0 spiro atoms. The van der Waals surface area contributed by atoms with Gasteiger partial charge in [0.25, 0.3) is 0 Å². The second-order valence-electron chi connectivity index (χ2n) is 1.26. The van der Waals surface area contributed by atoms with Crippen molar-refractivity contribution < 1.29 is 17.0 Å². The van der Waals surface area contributed by atoms with Crippen molar-refractivity contribution in [2.24, 2.45) is 0 Å². The Morgan fingerprint density at radius 2 is 2.11 bits per heavy atom. The Hall–Kier alpha value is 0.816. The summed E-state index contributed by atoms with van der Waals surface area (Å²) in [6, 6.07) is 10.4. The van der Waals surface area contributed by atoms with Gasteiger partial charge in [0.15, 0.2) is 0 Å². The van der Waals surface area contributed by atoms with Gasteiger partial charge in [-0.1, -0.05) is 0 Å². The molecule has 1 rings (SSSR count). The molecule has 44 valence electrons. The summed E-state index contributed by atoms with van der Waals surface area (Å²) in [7, 11) is 0. The van der Waals surface area contributed by atoms with E-state index in [1.807, 2.05) is 24.3 Å². The van der Waals surface area contributed by atoms with Gasteiger partial charge in [0.2, 0.25) is 0 Å². The molecule has 0 bridgehead atoms. The molecule has 0 heterocycles. The van der Waals surface area contributed by atoms with Crippen LogP contribution in [0.25, 0.3) is 0 Å². The SMILES string of the molecule is Sc1c[c-]ccc1.[Br-].[Mg+2]. The first kappa shape index (κ1) is 12.5. The quantitative estimate of drug-likeness (QED) is 0.299. The van der Waals surface area contributed by atoms with Crippen molar-refractivity contribution in [3.8, 4) is 0 Å². The fourth-order valence-corrected chi connectivity index (χ4v) is 0.544. The van der Waals surface area contributed by atoms with E-state index in [9.17, 15) is 0 Å². The number of hydrogen-bond donors (Lipinski definition) is 1. The van der Waals surface area contributed by atoms with Gasteiger partial charge in [0.05, 0.1) is 0 Å². The number of hydrogen-bond acceptors (Lipinski definition) is 1. The first-order valence-corrected chi connectivity index (χ1v) is 2.49. The van der Waals surface area contributed by atoms with Crippen molar-refractivity contribution in [3.05, 3.63) is 30.3 Å². The number of thiol groups is 1. The minimum Gasteiger partial charge on any atom is -1.00 e. The van der Waals surface area contributed by atoms with Crippen LogP contribution < -0.4 is 17.0 Å². The van der Waals surface area contributed by atoms with Crippen molar-refractivity contribution in [1.82, 2.24) is 0 Å². The first-order valence-electron chi connectivity index (χ1n) is 2.04. The van der Waals surface area contributed by atoms with Gasteiger partial charge < -0.3 is 17.0 Å². The zero-order valence-corrected chi connectivity index (χ0v) is 8.74. The second kappa shape index (κ2) is 6.93. The summed E-state index contributed by atoms with van der Waals surface area (Å²) in [5, 5.41) is 0. The summed E-state index contributed by atoms with van der Waals surface area (Å²) in [5.41, 5.74) is 0. The van der Waals surface area contributed by atoms with Gasteiger partial charge in [-0.25, -0.2) is 12.6 Å². The Balaban J connectivity index is 0. The average Bonchev–Trinajstić information content (AvgIpc) is 1.69. The van der Waals surface area contributed by atoms with E-state index in [2.05, 4.69) is 18.7 Å². The molecular formula is C6H5BrMgS. The van der Waals surface area contributed by atoms with Crippen LogP contribution in [0.3, 0.4) is 0 Å². The van der Waals surface area contributed by atoms with Crippen LogP contribution in [0, 0.1) is 6.07 Å². The zero-order chi connectivity index (χ0) is 5.11. The van der Waals surface area contributed by atoms with Crippen LogP contribution in [0.4, 0.5) is 0 Å². The summed E-state index contributed by atoms with van der Waals surface area (Å²) in [6.45, 7) is 0. The Labute approximate surface area is 87.4 Å². The third-order valence-electron chi connectivity index (χ3n) is 0.691. The average molecular weight is 213 g/mol. The van der Waals surface area contributed by atoms with Crippen LogP contribution in [0.2, 0.25) is 0 Å². The minimum absolute atomic E-state index is 0. The third-order valence-corrected chi connectivity index (χ3v) is 0.969. The van der Waals surface area contributed by atoms with Gasteiger partial charge in [0.1, 0.15) is 0 Å². The molecule has 0 aliphatic rings. The van der Waals surface area contributed by atoms with Crippen LogP contribution in [-0.4, -0.2) is 23.1 Å². The van der Waals surface area contributed by atoms with Gasteiger partial charge >= 0.3 is 23.1 Å². The van der Waals surface area contributed by atoms with Gasteiger partial charge in [-0.2, -0.15) is 30.3 Å². The molecule has 0 aliphatic carbocycles. The first-order chi connectivity index (χ1) is 3.39. The maximum atomic E-state index is 4.05. The summed E-state index contributed by atoms with van der Waals surface area (Å²) >= 11 is 4.05. The maximum Gasteiger partial charge on any atom is 2.00 e. The van der Waals surface area contributed by atoms with Crippen molar-refractivity contribution in [3.63, 3.8) is 0 Å². The maximum absolute atomic E-state index is 4.05. The van der Waals surface area contributed by atoms with Crippen LogP contribution >= 0.6 is 12.6 Å². The summed E-state index contributed by atoms with van der Waals surface area (Å²) in [4.78, 5) is 0.961. The molecule has 0 fully saturated rings. The van der Waals surface area contributed by atoms with E-state index in [1.165, 1.54) is 0 Å². The monoisotopic (exact) mass is 212 g/mol. The molecule has 0 aromatic heterocycles. The second-order valence-corrected chi connectivity index (χ2v) is 1.78. The molecule has 0 unspecified atom stereocenters. The Morgan fingerprint density at radius 1 is 1.44 bits per heavy atom. The molecule has 0 atom stereocenters. The standard InChI is InChI=1S/C6H5S.BrH.Mg/c7-6-4-2-1-3-5-6;;/h1-2,4-5,7H;1H;/q-1;;+2/p-1. The molecular weight excluding hydrogens is 208 g/mol. The molecule has 0 amide bonds. The predicted octanol–water partition coefficient (Wildman–Crippen LogP) is -1.60. The van der Waals surface area contributed by atoms with Gasteiger partial charge in [-0.05, 0) is 0 Å². The van der Waals surface area contributed by atoms with Gasteiger partial charge in [-0.15, -0.1) is 4.90 Å². The van der Waals surface area contributed by atoms with E-state index in [1.54, 1.807) is 0 Å². The molecule has 0 saturated carbocycles. The molecule has 3 heteroatoms. The Bertz CT molecular complexity index is 143. The van der Waals surface area contributed by atoms with Crippen molar-refractivity contribution in [2.45, 2.75) is 4.90 Å². The molecule has 0 radical (unpaired) electrons. The van der Waals surface area contributed by atoms with Crippen molar-refractivity contribution >= 4 is 35.7 Å². The molecule has 1 aromatic rings. The topological polar surface area (TPSA) is 0 Å². The van der Waals surface area contributed by atoms with E-state index < -0.39 is 0 Å². The van der Waals surface area contributed by atoms with Crippen LogP contribution in [0.5, 0.6) is 0 Å². The van der Waals surface area contributed by atoms with E-state index in [0.29, 0.717) is 0 Å². The molecule has 9 heavy (non-hydrogen) atoms. The summed E-state index contributed by atoms with van der Waals surface area (Å²) in [6.07, 6.45) is 0. The van der Waals surface area contributed by atoms with Gasteiger partial charge in [-0.3, -0.25) is 0 Å². The Kier molecular flexibility index (Phi) is 9.62. The smallest absolute Gasteiger partial charge is 1.00 e. The number of halogens is 1. The number of rotatable bonds is 0. The van der Waals surface area contributed by atoms with E-state index >= 15 is 0 Å². The fraction of sp³-hybridized carbons (Fsp3) is 0. The van der Waals surface area contributed by atoms with Crippen molar-refractivity contribution in [1.29, 1.82) is 0 Å². The molecule has 0 nitrogen and oxygen atoms in total. The van der Waals surface area contributed by atoms with Crippen molar-refractivity contribution in [2.75, 3.05) is 0 Å². The molecule has 0 aliphatic heterocycles. The predicted molar refractivity (Wildman–Crippen MR) is 38.3 cm³/mol. The van der Waals surface area contributed by atoms with E-state index in [-0.39, 0.29) is 40.0 Å². The third kappa shape index (κ3) is 5.27. The van der Waals surface area contributed by atoms with Crippen LogP contribution in [0.15, 0.2) is 29.2 Å². The summed E-state index contributed by atoms with van der Waals surface area (Å²) in [5.74, 6) is 0. The van der Waals surface area contributed by atoms with E-state index in [0.717, 1.165) is 4.90 Å². The molecule has 0 saturated heterocycles. The zero-order valence-electron chi connectivity index (χ0n) is 4.84. The number of benzene rings is 1. The van der Waals surface area contributed by atoms with E-state index in [4.69, 9.17) is 0 Å². The van der Waals surface area contributed by atoms with Gasteiger partial charge in [0, 0.05) is 0 Å².